The molecular formula is C19H17N5. The van der Waals surface area contributed by atoms with Crippen LogP contribution in [0.2, 0.25) is 0 Å². The molecule has 0 spiro atoms. The Kier molecular flexibility index (Phi) is 2.49. The zero-order valence-electron chi connectivity index (χ0n) is 13.8. The number of nitrogens with one attached hydrogen (secondary N) is 2. The molecule has 0 atom stereocenters. The maximum atomic E-state index is 4.81. The number of nitrogens with zero attached hydrogens (tertiary/aromatic N) is 3. The van der Waals surface area contributed by atoms with Gasteiger partial charge in [0.2, 0.25) is 0 Å². The molecule has 0 bridgehead atoms. The Balaban J connectivity index is 1.85. The first kappa shape index (κ1) is 13.4. The standard InChI is InChI=1S/C19H17N5/c1-10-4-5-17-12(6-10)15(9-24(17)3)16-7-13-18-14(8-20-23-18)11(2)21-19(13)22-16/h4-9,20,23H,1-3H3. The van der Waals surface area contributed by atoms with E-state index in [2.05, 4.69) is 64.2 Å². The van der Waals surface area contributed by atoms with E-state index in [4.69, 9.17) is 4.98 Å². The number of H-pyrrole nitrogens is 2. The van der Waals surface area contributed by atoms with E-state index in [0.29, 0.717) is 0 Å². The van der Waals surface area contributed by atoms with E-state index >= 15 is 0 Å². The topological polar surface area (TPSA) is 62.3 Å². The molecule has 0 radical (unpaired) electrons. The molecule has 0 aliphatic carbocycles. The first-order valence-electron chi connectivity index (χ1n) is 8.00. The predicted molar refractivity (Wildman–Crippen MR) is 97.1 cm³/mol. The third kappa shape index (κ3) is 1.69. The van der Waals surface area contributed by atoms with Gasteiger partial charge in [0.25, 0.3) is 0 Å². The summed E-state index contributed by atoms with van der Waals surface area (Å²) in [6.07, 6.45) is 4.10. The fraction of sp³-hybridized carbons (Fsp3) is 0.158. The average Bonchev–Trinajstić information content (AvgIpc) is 3.24. The van der Waals surface area contributed by atoms with Crippen LogP contribution < -0.4 is 0 Å². The number of rotatable bonds is 1. The minimum atomic E-state index is 0.788. The van der Waals surface area contributed by atoms with Gasteiger partial charge in [-0.2, -0.15) is 0 Å². The van der Waals surface area contributed by atoms with Crippen LogP contribution in [0.25, 0.3) is 44.1 Å². The Labute approximate surface area is 138 Å². The van der Waals surface area contributed by atoms with E-state index < -0.39 is 0 Å². The number of fused-ring (bicyclic) bond motifs is 4. The number of aromatic nitrogens is 5. The lowest BCUT2D eigenvalue weighted by molar-refractivity contribution is 0.969. The molecule has 0 amide bonds. The molecule has 0 aliphatic heterocycles. The monoisotopic (exact) mass is 315 g/mol. The first-order chi connectivity index (χ1) is 11.6. The van der Waals surface area contributed by atoms with Crippen LogP contribution in [-0.4, -0.2) is 24.7 Å². The summed E-state index contributed by atoms with van der Waals surface area (Å²) in [6.45, 7) is 4.13. The fourth-order valence-electron chi connectivity index (χ4n) is 3.56. The highest BCUT2D eigenvalue weighted by molar-refractivity contribution is 6.06. The summed E-state index contributed by atoms with van der Waals surface area (Å²) in [6, 6.07) is 8.66. The van der Waals surface area contributed by atoms with Crippen molar-refractivity contribution < 1.29 is 0 Å². The van der Waals surface area contributed by atoms with Crippen LogP contribution >= 0.6 is 0 Å². The van der Waals surface area contributed by atoms with Crippen molar-refractivity contribution in [3.8, 4) is 11.3 Å². The van der Waals surface area contributed by atoms with Crippen molar-refractivity contribution in [2.24, 2.45) is 7.05 Å². The summed E-state index contributed by atoms with van der Waals surface area (Å²) in [5, 5.41) is 9.66. The highest BCUT2D eigenvalue weighted by atomic mass is 15.1. The number of aryl methyl sites for hydroxylation is 3. The molecule has 4 heterocycles. The Morgan fingerprint density at radius 3 is 2.75 bits per heavy atom. The first-order valence-corrected chi connectivity index (χ1v) is 8.00. The normalized spacial score (nSPS) is 12.0. The van der Waals surface area contributed by atoms with Crippen LogP contribution in [0.3, 0.4) is 0 Å². The molecule has 5 rings (SSSR count). The molecule has 5 nitrogen and oxygen atoms in total. The van der Waals surface area contributed by atoms with Gasteiger partial charge in [-0.15, -0.1) is 0 Å². The maximum absolute atomic E-state index is 4.81. The summed E-state index contributed by atoms with van der Waals surface area (Å²) in [5.41, 5.74) is 7.41. The van der Waals surface area contributed by atoms with Crippen LogP contribution in [0.4, 0.5) is 0 Å². The van der Waals surface area contributed by atoms with Crippen LogP contribution in [-0.2, 0) is 7.05 Å². The quantitative estimate of drug-likeness (QED) is 0.486. The minimum Gasteiger partial charge on any atom is -0.350 e. The van der Waals surface area contributed by atoms with Crippen molar-refractivity contribution in [3.63, 3.8) is 0 Å². The Morgan fingerprint density at radius 2 is 1.88 bits per heavy atom. The lowest BCUT2D eigenvalue weighted by atomic mass is 10.1. The molecule has 5 heteroatoms. The van der Waals surface area contributed by atoms with Crippen LogP contribution in [0, 0.1) is 13.8 Å². The molecule has 1 aromatic carbocycles. The number of aromatic amines is 2. The van der Waals surface area contributed by atoms with Gasteiger partial charge >= 0.3 is 0 Å². The van der Waals surface area contributed by atoms with Crippen LogP contribution in [0.1, 0.15) is 11.3 Å². The van der Waals surface area contributed by atoms with E-state index in [-0.39, 0.29) is 0 Å². The molecule has 118 valence electrons. The third-order valence-electron chi connectivity index (χ3n) is 4.78. The molecule has 0 fully saturated rings. The summed E-state index contributed by atoms with van der Waals surface area (Å²) in [4.78, 5) is 9.48. The van der Waals surface area contributed by atoms with Crippen LogP contribution in [0.5, 0.6) is 0 Å². The highest BCUT2D eigenvalue weighted by Gasteiger charge is 2.15. The van der Waals surface area contributed by atoms with Gasteiger partial charge in [-0.3, -0.25) is 5.10 Å². The van der Waals surface area contributed by atoms with E-state index in [1.807, 2.05) is 13.1 Å². The second-order valence-electron chi connectivity index (χ2n) is 6.45. The number of hydrogen-bond donors (Lipinski definition) is 2. The summed E-state index contributed by atoms with van der Waals surface area (Å²) in [7, 11) is 2.07. The third-order valence-corrected chi connectivity index (χ3v) is 4.78. The Bertz CT molecular complexity index is 1240. The lowest BCUT2D eigenvalue weighted by Crippen LogP contribution is -1.84. The maximum Gasteiger partial charge on any atom is 0.162 e. The smallest absolute Gasteiger partial charge is 0.162 e. The molecule has 24 heavy (non-hydrogen) atoms. The second-order valence-corrected chi connectivity index (χ2v) is 6.45. The molecule has 0 aliphatic rings. The fourth-order valence-corrected chi connectivity index (χ4v) is 3.56. The minimum absolute atomic E-state index is 0.788. The van der Waals surface area contributed by atoms with Crippen molar-refractivity contribution in [1.82, 2.24) is 24.7 Å². The van der Waals surface area contributed by atoms with E-state index in [1.165, 1.54) is 16.5 Å². The number of benzene rings is 1. The molecule has 0 saturated heterocycles. The Hall–Kier alpha value is -3.08. The van der Waals surface area contributed by atoms with Crippen molar-refractivity contribution in [1.29, 1.82) is 0 Å². The van der Waals surface area contributed by atoms with Crippen molar-refractivity contribution in [3.05, 3.63) is 47.9 Å². The van der Waals surface area contributed by atoms with Gasteiger partial charge in [0.05, 0.1) is 16.9 Å². The highest BCUT2D eigenvalue weighted by Crippen LogP contribution is 2.34. The van der Waals surface area contributed by atoms with E-state index in [9.17, 15) is 0 Å². The van der Waals surface area contributed by atoms with Gasteiger partial charge in [0.1, 0.15) is 0 Å². The van der Waals surface area contributed by atoms with Gasteiger partial charge < -0.3 is 9.67 Å². The predicted octanol–water partition coefficient (Wildman–Crippen LogP) is 4.21. The van der Waals surface area contributed by atoms with Gasteiger partial charge in [-0.05, 0) is 32.0 Å². The SMILES string of the molecule is Cc1ccc2c(c1)c(-c1cc3c(n1)nc(C)c1c[nH][nH]c13)cn2C. The van der Waals surface area contributed by atoms with Crippen molar-refractivity contribution in [2.45, 2.75) is 13.8 Å². The molecule has 0 saturated carbocycles. The van der Waals surface area contributed by atoms with Crippen molar-refractivity contribution >= 4 is 32.8 Å². The Morgan fingerprint density at radius 1 is 1.00 bits per heavy atom. The molecule has 5 aromatic rings. The molecule has 2 N–H and O–H groups in total. The summed E-state index contributed by atoms with van der Waals surface area (Å²) < 4.78 is 2.15. The van der Waals surface area contributed by atoms with Gasteiger partial charge in [0, 0.05) is 46.7 Å². The molecule has 0 unspecified atom stereocenters. The summed E-state index contributed by atoms with van der Waals surface area (Å²) >= 11 is 0. The zero-order valence-corrected chi connectivity index (χ0v) is 13.8. The second kappa shape index (κ2) is 4.47. The number of pyridine rings is 1. The van der Waals surface area contributed by atoms with Crippen molar-refractivity contribution in [2.75, 3.05) is 0 Å². The molecule has 4 aromatic heterocycles. The van der Waals surface area contributed by atoms with Gasteiger partial charge in [0.15, 0.2) is 5.65 Å². The van der Waals surface area contributed by atoms with E-state index in [0.717, 1.165) is 38.9 Å². The summed E-state index contributed by atoms with van der Waals surface area (Å²) in [5.74, 6) is 0. The van der Waals surface area contributed by atoms with Gasteiger partial charge in [-0.1, -0.05) is 11.6 Å². The largest absolute Gasteiger partial charge is 0.350 e. The number of hydrogen-bond acceptors (Lipinski definition) is 2. The molecular weight excluding hydrogens is 298 g/mol. The lowest BCUT2D eigenvalue weighted by Gasteiger charge is -1.97. The van der Waals surface area contributed by atoms with E-state index in [1.54, 1.807) is 0 Å². The zero-order chi connectivity index (χ0) is 16.4. The van der Waals surface area contributed by atoms with Crippen LogP contribution in [0.15, 0.2) is 36.7 Å². The van der Waals surface area contributed by atoms with Gasteiger partial charge in [-0.25, -0.2) is 9.97 Å². The average molecular weight is 315 g/mol.